The summed E-state index contributed by atoms with van der Waals surface area (Å²) in [6.45, 7) is 2.25. The predicted octanol–water partition coefficient (Wildman–Crippen LogP) is 5.30. The number of aryl methyl sites for hydroxylation is 1. The standard InChI is InChI=1S/C23H19F2NO5S2/c1-2-31-16-5-7-20-17(12-16)15(4-9-22(27)28)13-26(20)33(29,30)23-10-8-21(32-23)14-3-6-18(24)19(25)11-14/h3,5-8,10-13H,2,4,9H2,1H3,(H,27,28). The lowest BCUT2D eigenvalue weighted by atomic mass is 10.1. The summed E-state index contributed by atoms with van der Waals surface area (Å²) in [7, 11) is -4.03. The lowest BCUT2D eigenvalue weighted by Gasteiger charge is -2.07. The SMILES string of the molecule is CCOc1ccc2c(c1)c(CCC(=O)O)cn2S(=O)(=O)c1ccc(-c2ccc(F)c(F)c2)s1. The van der Waals surface area contributed by atoms with Crippen LogP contribution < -0.4 is 4.74 Å². The van der Waals surface area contributed by atoms with Gasteiger partial charge in [-0.05, 0) is 66.9 Å². The van der Waals surface area contributed by atoms with E-state index in [9.17, 15) is 22.0 Å². The van der Waals surface area contributed by atoms with Crippen LogP contribution in [0, 0.1) is 11.6 Å². The zero-order valence-electron chi connectivity index (χ0n) is 17.4. The Balaban J connectivity index is 1.79. The van der Waals surface area contributed by atoms with Gasteiger partial charge in [0.15, 0.2) is 11.6 Å². The fourth-order valence-electron chi connectivity index (χ4n) is 3.50. The first-order valence-corrected chi connectivity index (χ1v) is 12.3. The van der Waals surface area contributed by atoms with E-state index in [4.69, 9.17) is 9.84 Å². The molecule has 4 aromatic rings. The van der Waals surface area contributed by atoms with Gasteiger partial charge in [0.2, 0.25) is 0 Å². The van der Waals surface area contributed by atoms with Gasteiger partial charge in [0.05, 0.1) is 12.1 Å². The number of halogens is 2. The van der Waals surface area contributed by atoms with Crippen LogP contribution in [0.5, 0.6) is 5.75 Å². The Morgan fingerprint density at radius 3 is 2.58 bits per heavy atom. The van der Waals surface area contributed by atoms with Crippen LogP contribution in [0.4, 0.5) is 8.78 Å². The molecule has 0 amide bonds. The van der Waals surface area contributed by atoms with E-state index in [0.717, 1.165) is 27.4 Å². The van der Waals surface area contributed by atoms with Crippen LogP contribution >= 0.6 is 11.3 Å². The number of thiophene rings is 1. The number of hydrogen-bond donors (Lipinski definition) is 1. The minimum atomic E-state index is -4.03. The number of aromatic nitrogens is 1. The van der Waals surface area contributed by atoms with Crippen LogP contribution in [0.2, 0.25) is 0 Å². The topological polar surface area (TPSA) is 85.6 Å². The van der Waals surface area contributed by atoms with Crippen molar-refractivity contribution in [1.29, 1.82) is 0 Å². The van der Waals surface area contributed by atoms with Gasteiger partial charge in [-0.15, -0.1) is 11.3 Å². The van der Waals surface area contributed by atoms with Gasteiger partial charge in [0, 0.05) is 22.9 Å². The van der Waals surface area contributed by atoms with Crippen LogP contribution in [-0.2, 0) is 21.2 Å². The Hall–Kier alpha value is -3.24. The van der Waals surface area contributed by atoms with Crippen molar-refractivity contribution in [2.24, 2.45) is 0 Å². The number of benzene rings is 2. The number of carboxylic acids is 1. The summed E-state index contributed by atoms with van der Waals surface area (Å²) in [5, 5.41) is 9.67. The summed E-state index contributed by atoms with van der Waals surface area (Å²) in [5.41, 5.74) is 1.32. The third-order valence-electron chi connectivity index (χ3n) is 5.04. The van der Waals surface area contributed by atoms with Crippen LogP contribution in [0.1, 0.15) is 18.9 Å². The van der Waals surface area contributed by atoms with Crippen LogP contribution in [0.3, 0.4) is 0 Å². The second-order valence-electron chi connectivity index (χ2n) is 7.21. The number of ether oxygens (including phenoxy) is 1. The minimum Gasteiger partial charge on any atom is -0.494 e. The molecule has 2 heterocycles. The van der Waals surface area contributed by atoms with Gasteiger partial charge in [-0.2, -0.15) is 8.42 Å². The van der Waals surface area contributed by atoms with Gasteiger partial charge < -0.3 is 9.84 Å². The van der Waals surface area contributed by atoms with E-state index in [-0.39, 0.29) is 17.1 Å². The average Bonchev–Trinajstić information content (AvgIpc) is 3.40. The van der Waals surface area contributed by atoms with E-state index in [1.165, 1.54) is 24.4 Å². The van der Waals surface area contributed by atoms with E-state index in [2.05, 4.69) is 0 Å². The summed E-state index contributed by atoms with van der Waals surface area (Å²) in [4.78, 5) is 11.6. The lowest BCUT2D eigenvalue weighted by molar-refractivity contribution is -0.136. The fraction of sp³-hybridized carbons (Fsp3) is 0.174. The second kappa shape index (κ2) is 8.95. The Bertz CT molecular complexity index is 1460. The smallest absolute Gasteiger partial charge is 0.303 e. The molecule has 0 aliphatic carbocycles. The van der Waals surface area contributed by atoms with E-state index in [1.807, 2.05) is 6.92 Å². The summed E-state index contributed by atoms with van der Waals surface area (Å²) in [5.74, 6) is -2.44. The molecule has 0 bridgehead atoms. The van der Waals surface area contributed by atoms with Crippen molar-refractivity contribution in [2.45, 2.75) is 24.0 Å². The molecule has 0 aliphatic rings. The molecule has 0 saturated heterocycles. The van der Waals surface area contributed by atoms with Crippen molar-refractivity contribution in [3.05, 3.63) is 71.9 Å². The number of carboxylic acid groups (broad SMARTS) is 1. The summed E-state index contributed by atoms with van der Waals surface area (Å²) >= 11 is 0.933. The number of nitrogens with zero attached hydrogens (tertiary/aromatic N) is 1. The molecule has 4 rings (SSSR count). The van der Waals surface area contributed by atoms with Gasteiger partial charge in [-0.3, -0.25) is 4.79 Å². The number of fused-ring (bicyclic) bond motifs is 1. The first-order chi connectivity index (χ1) is 15.7. The highest BCUT2D eigenvalue weighted by molar-refractivity contribution is 7.92. The Morgan fingerprint density at radius 1 is 1.09 bits per heavy atom. The molecule has 10 heteroatoms. The molecule has 0 atom stereocenters. The monoisotopic (exact) mass is 491 g/mol. The molecular formula is C23H19F2NO5S2. The number of aliphatic carboxylic acids is 1. The van der Waals surface area contributed by atoms with E-state index < -0.39 is 27.6 Å². The van der Waals surface area contributed by atoms with Crippen molar-refractivity contribution in [3.8, 4) is 16.2 Å². The van der Waals surface area contributed by atoms with Gasteiger partial charge in [-0.1, -0.05) is 6.07 Å². The molecule has 0 unspecified atom stereocenters. The Labute approximate surface area is 192 Å². The number of hydrogen-bond acceptors (Lipinski definition) is 5. The highest BCUT2D eigenvalue weighted by atomic mass is 32.2. The number of carbonyl (C=O) groups is 1. The highest BCUT2D eigenvalue weighted by Crippen LogP contribution is 2.35. The molecule has 0 fully saturated rings. The third-order valence-corrected chi connectivity index (χ3v) is 8.32. The van der Waals surface area contributed by atoms with E-state index in [1.54, 1.807) is 18.2 Å². The predicted molar refractivity (Wildman–Crippen MR) is 121 cm³/mol. The molecule has 6 nitrogen and oxygen atoms in total. The highest BCUT2D eigenvalue weighted by Gasteiger charge is 2.24. The summed E-state index contributed by atoms with van der Waals surface area (Å²) < 4.78 is 60.5. The maximum absolute atomic E-state index is 13.6. The van der Waals surface area contributed by atoms with E-state index in [0.29, 0.717) is 39.3 Å². The van der Waals surface area contributed by atoms with Crippen LogP contribution in [0.25, 0.3) is 21.3 Å². The van der Waals surface area contributed by atoms with Crippen LogP contribution in [-0.4, -0.2) is 30.1 Å². The molecule has 0 radical (unpaired) electrons. The lowest BCUT2D eigenvalue weighted by Crippen LogP contribution is -2.10. The van der Waals surface area contributed by atoms with Crippen molar-refractivity contribution in [1.82, 2.24) is 3.97 Å². The van der Waals surface area contributed by atoms with Gasteiger partial charge >= 0.3 is 5.97 Å². The van der Waals surface area contributed by atoms with Crippen molar-refractivity contribution < 1.29 is 31.8 Å². The zero-order valence-corrected chi connectivity index (χ0v) is 19.1. The van der Waals surface area contributed by atoms with Gasteiger partial charge in [-0.25, -0.2) is 12.8 Å². The first kappa shape index (κ1) is 22.9. The minimum absolute atomic E-state index is 0.0119. The molecule has 33 heavy (non-hydrogen) atoms. The Morgan fingerprint density at radius 2 is 1.88 bits per heavy atom. The molecule has 2 aromatic heterocycles. The van der Waals surface area contributed by atoms with Gasteiger partial charge in [0.1, 0.15) is 9.96 Å². The normalized spacial score (nSPS) is 11.7. The zero-order chi connectivity index (χ0) is 23.8. The molecular weight excluding hydrogens is 472 g/mol. The maximum atomic E-state index is 13.6. The van der Waals surface area contributed by atoms with Crippen molar-refractivity contribution in [3.63, 3.8) is 0 Å². The maximum Gasteiger partial charge on any atom is 0.303 e. The third kappa shape index (κ3) is 4.49. The molecule has 0 saturated carbocycles. The number of rotatable bonds is 8. The molecule has 172 valence electrons. The molecule has 0 spiro atoms. The molecule has 2 aromatic carbocycles. The second-order valence-corrected chi connectivity index (χ2v) is 10.3. The quantitative estimate of drug-likeness (QED) is 0.362. The van der Waals surface area contributed by atoms with Gasteiger partial charge in [0.25, 0.3) is 10.0 Å². The average molecular weight is 492 g/mol. The van der Waals surface area contributed by atoms with E-state index >= 15 is 0 Å². The molecule has 1 N–H and O–H groups in total. The Kier molecular flexibility index (Phi) is 6.22. The summed E-state index contributed by atoms with van der Waals surface area (Å²) in [6, 6.07) is 11.3. The van der Waals surface area contributed by atoms with Crippen LogP contribution in [0.15, 0.2) is 58.9 Å². The first-order valence-electron chi connectivity index (χ1n) is 10.00. The molecule has 0 aliphatic heterocycles. The summed E-state index contributed by atoms with van der Waals surface area (Å²) in [6.07, 6.45) is 1.42. The fourth-order valence-corrected chi connectivity index (χ4v) is 6.28. The van der Waals surface area contributed by atoms with Crippen molar-refractivity contribution in [2.75, 3.05) is 6.61 Å². The van der Waals surface area contributed by atoms with Crippen molar-refractivity contribution >= 4 is 38.2 Å². The largest absolute Gasteiger partial charge is 0.494 e.